The number of aryl methyl sites for hydroxylation is 2. The molecule has 0 aliphatic carbocycles. The first-order chi connectivity index (χ1) is 11.7. The van der Waals surface area contributed by atoms with E-state index in [9.17, 15) is 4.79 Å². The second-order valence-corrected chi connectivity index (χ2v) is 6.27. The number of rotatable bonds is 6. The summed E-state index contributed by atoms with van der Waals surface area (Å²) in [6.45, 7) is 4.07. The molecule has 5 heteroatoms. The first-order valence-electron chi connectivity index (χ1n) is 8.63. The third-order valence-corrected chi connectivity index (χ3v) is 4.68. The van der Waals surface area contributed by atoms with Crippen molar-refractivity contribution in [2.24, 2.45) is 0 Å². The fourth-order valence-corrected chi connectivity index (χ4v) is 3.21. The summed E-state index contributed by atoms with van der Waals surface area (Å²) in [5.41, 5.74) is 3.24. The van der Waals surface area contributed by atoms with E-state index in [1.54, 1.807) is 7.11 Å². The number of nitrogens with one attached hydrogen (secondary N) is 1. The van der Waals surface area contributed by atoms with Crippen molar-refractivity contribution in [3.63, 3.8) is 0 Å². The molecule has 1 amide bonds. The number of methoxy groups -OCH3 is 1. The van der Waals surface area contributed by atoms with Crippen LogP contribution in [0.5, 0.6) is 0 Å². The molecule has 1 N–H and O–H groups in total. The van der Waals surface area contributed by atoms with Gasteiger partial charge < -0.3 is 14.6 Å². The maximum Gasteiger partial charge on any atom is 0.271 e. The Hall–Kier alpha value is -2.14. The molecule has 0 bridgehead atoms. The standard InChI is InChI=1S/C19H25N3O2/c1-3-14-4-6-15(7-5-14)16-8-9-18-21-17(13-22(18)12-16)19(23)20-10-11-24-2/h4-7,13,16H,3,8-12H2,1-2H3,(H,20,23). The number of aromatic nitrogens is 2. The van der Waals surface area contributed by atoms with E-state index in [-0.39, 0.29) is 5.91 Å². The number of ether oxygens (including phenoxy) is 1. The van der Waals surface area contributed by atoms with Crippen LogP contribution in [0.15, 0.2) is 30.5 Å². The van der Waals surface area contributed by atoms with Crippen molar-refractivity contribution in [3.8, 4) is 0 Å². The zero-order valence-electron chi connectivity index (χ0n) is 14.4. The maximum atomic E-state index is 12.1. The van der Waals surface area contributed by atoms with Crippen molar-refractivity contribution in [2.75, 3.05) is 20.3 Å². The van der Waals surface area contributed by atoms with E-state index in [0.717, 1.165) is 31.6 Å². The Bertz CT molecular complexity index is 691. The highest BCUT2D eigenvalue weighted by molar-refractivity contribution is 5.92. The van der Waals surface area contributed by atoms with E-state index in [1.807, 2.05) is 6.20 Å². The molecule has 5 nitrogen and oxygen atoms in total. The van der Waals surface area contributed by atoms with E-state index in [4.69, 9.17) is 4.74 Å². The summed E-state index contributed by atoms with van der Waals surface area (Å²) in [5.74, 6) is 1.37. The third-order valence-electron chi connectivity index (χ3n) is 4.68. The van der Waals surface area contributed by atoms with Gasteiger partial charge in [0, 0.05) is 38.7 Å². The van der Waals surface area contributed by atoms with Gasteiger partial charge >= 0.3 is 0 Å². The second kappa shape index (κ2) is 7.62. The minimum absolute atomic E-state index is 0.127. The summed E-state index contributed by atoms with van der Waals surface area (Å²) < 4.78 is 7.08. The van der Waals surface area contributed by atoms with E-state index >= 15 is 0 Å². The molecule has 0 radical (unpaired) electrons. The average molecular weight is 327 g/mol. The molecule has 0 fully saturated rings. The molecule has 3 rings (SSSR count). The van der Waals surface area contributed by atoms with Gasteiger partial charge in [-0.2, -0.15) is 0 Å². The first-order valence-corrected chi connectivity index (χ1v) is 8.63. The van der Waals surface area contributed by atoms with Gasteiger partial charge in [0.25, 0.3) is 5.91 Å². The van der Waals surface area contributed by atoms with Crippen molar-refractivity contribution in [2.45, 2.75) is 38.6 Å². The quantitative estimate of drug-likeness (QED) is 0.830. The monoisotopic (exact) mass is 327 g/mol. The topological polar surface area (TPSA) is 56.1 Å². The number of imidazole rings is 1. The molecule has 1 aliphatic heterocycles. The zero-order chi connectivity index (χ0) is 16.9. The van der Waals surface area contributed by atoms with Crippen molar-refractivity contribution >= 4 is 5.91 Å². The summed E-state index contributed by atoms with van der Waals surface area (Å²) in [4.78, 5) is 16.6. The van der Waals surface area contributed by atoms with Crippen LogP contribution in [0, 0.1) is 0 Å². The summed E-state index contributed by atoms with van der Waals surface area (Å²) in [5, 5.41) is 2.82. The van der Waals surface area contributed by atoms with Crippen LogP contribution in [0.3, 0.4) is 0 Å². The Balaban J connectivity index is 1.68. The fourth-order valence-electron chi connectivity index (χ4n) is 3.21. The van der Waals surface area contributed by atoms with Crippen LogP contribution >= 0.6 is 0 Å². The van der Waals surface area contributed by atoms with Crippen molar-refractivity contribution in [1.29, 1.82) is 0 Å². The predicted octanol–water partition coefficient (Wildman–Crippen LogP) is 2.55. The molecule has 2 heterocycles. The minimum atomic E-state index is -0.127. The first kappa shape index (κ1) is 16.7. The summed E-state index contributed by atoms with van der Waals surface area (Å²) in [6, 6.07) is 8.91. The van der Waals surface area contributed by atoms with E-state index in [1.165, 1.54) is 11.1 Å². The second-order valence-electron chi connectivity index (χ2n) is 6.27. The molecular formula is C19H25N3O2. The Kier molecular flexibility index (Phi) is 5.30. The zero-order valence-corrected chi connectivity index (χ0v) is 14.4. The smallest absolute Gasteiger partial charge is 0.271 e. The molecule has 1 unspecified atom stereocenters. The molecule has 0 saturated carbocycles. The van der Waals surface area contributed by atoms with Gasteiger partial charge in [-0.25, -0.2) is 4.98 Å². The molecule has 1 aliphatic rings. The van der Waals surface area contributed by atoms with Gasteiger partial charge in [0.05, 0.1) is 6.61 Å². The number of carbonyl (C=O) groups is 1. The highest BCUT2D eigenvalue weighted by Gasteiger charge is 2.23. The van der Waals surface area contributed by atoms with Crippen molar-refractivity contribution < 1.29 is 9.53 Å². The molecule has 0 saturated heterocycles. The van der Waals surface area contributed by atoms with Crippen LogP contribution in [0.4, 0.5) is 0 Å². The van der Waals surface area contributed by atoms with Crippen LogP contribution in [-0.2, 0) is 24.1 Å². The largest absolute Gasteiger partial charge is 0.383 e. The van der Waals surface area contributed by atoms with Gasteiger partial charge in [-0.05, 0) is 24.0 Å². The number of hydrogen-bond donors (Lipinski definition) is 1. The number of benzene rings is 1. The van der Waals surface area contributed by atoms with Crippen LogP contribution in [-0.4, -0.2) is 35.7 Å². The van der Waals surface area contributed by atoms with Gasteiger partial charge in [0.1, 0.15) is 11.5 Å². The van der Waals surface area contributed by atoms with E-state index < -0.39 is 0 Å². The SMILES string of the molecule is CCc1ccc(C2CCc3nc(C(=O)NCCOC)cn3C2)cc1. The van der Waals surface area contributed by atoms with E-state index in [0.29, 0.717) is 24.8 Å². The number of nitrogens with zero attached hydrogens (tertiary/aromatic N) is 2. The predicted molar refractivity (Wildman–Crippen MR) is 93.3 cm³/mol. The highest BCUT2D eigenvalue weighted by Crippen LogP contribution is 2.29. The maximum absolute atomic E-state index is 12.1. The number of fused-ring (bicyclic) bond motifs is 1. The minimum Gasteiger partial charge on any atom is -0.383 e. The third kappa shape index (κ3) is 3.67. The van der Waals surface area contributed by atoms with Gasteiger partial charge in [-0.1, -0.05) is 31.2 Å². The van der Waals surface area contributed by atoms with Crippen LogP contribution in [0.2, 0.25) is 0 Å². The van der Waals surface area contributed by atoms with Gasteiger partial charge in [0.2, 0.25) is 0 Å². The molecule has 1 atom stereocenters. The molecular weight excluding hydrogens is 302 g/mol. The summed E-state index contributed by atoms with van der Waals surface area (Å²) >= 11 is 0. The van der Waals surface area contributed by atoms with Crippen molar-refractivity contribution in [3.05, 3.63) is 53.1 Å². The Morgan fingerprint density at radius 3 is 2.88 bits per heavy atom. The lowest BCUT2D eigenvalue weighted by Gasteiger charge is -2.24. The average Bonchev–Trinajstić information content (AvgIpc) is 3.05. The molecule has 0 spiro atoms. The Morgan fingerprint density at radius 2 is 2.17 bits per heavy atom. The lowest BCUT2D eigenvalue weighted by atomic mass is 9.91. The van der Waals surface area contributed by atoms with Crippen LogP contribution < -0.4 is 5.32 Å². The van der Waals surface area contributed by atoms with Crippen LogP contribution in [0.1, 0.15) is 46.7 Å². The molecule has 1 aromatic carbocycles. The van der Waals surface area contributed by atoms with Crippen LogP contribution in [0.25, 0.3) is 0 Å². The Labute approximate surface area is 143 Å². The lowest BCUT2D eigenvalue weighted by Crippen LogP contribution is -2.27. The highest BCUT2D eigenvalue weighted by atomic mass is 16.5. The molecule has 2 aromatic rings. The molecule has 128 valence electrons. The number of hydrogen-bond acceptors (Lipinski definition) is 3. The lowest BCUT2D eigenvalue weighted by molar-refractivity contribution is 0.0932. The fraction of sp³-hybridized carbons (Fsp3) is 0.474. The number of carbonyl (C=O) groups excluding carboxylic acids is 1. The van der Waals surface area contributed by atoms with Crippen molar-refractivity contribution in [1.82, 2.24) is 14.9 Å². The van der Waals surface area contributed by atoms with E-state index in [2.05, 4.69) is 46.1 Å². The molecule has 1 aromatic heterocycles. The summed E-state index contributed by atoms with van der Waals surface area (Å²) in [7, 11) is 1.62. The summed E-state index contributed by atoms with van der Waals surface area (Å²) in [6.07, 6.45) is 4.93. The van der Waals surface area contributed by atoms with Gasteiger partial charge in [-0.15, -0.1) is 0 Å². The normalized spacial score (nSPS) is 16.7. The Morgan fingerprint density at radius 1 is 1.38 bits per heavy atom. The number of amides is 1. The van der Waals surface area contributed by atoms with Gasteiger partial charge in [-0.3, -0.25) is 4.79 Å². The van der Waals surface area contributed by atoms with Gasteiger partial charge in [0.15, 0.2) is 0 Å². The molecule has 24 heavy (non-hydrogen) atoms.